The van der Waals surface area contributed by atoms with Gasteiger partial charge in [0.05, 0.1) is 11.0 Å². The third-order valence-corrected chi connectivity index (χ3v) is 3.51. The highest BCUT2D eigenvalue weighted by molar-refractivity contribution is 5.76. The van der Waals surface area contributed by atoms with Crippen molar-refractivity contribution in [2.45, 2.75) is 53.1 Å². The maximum absolute atomic E-state index is 4.65. The van der Waals surface area contributed by atoms with E-state index in [0.717, 1.165) is 30.9 Å². The molecule has 0 amide bonds. The standard InChI is InChI=1S/C16H25N3/c1-5-19-13(4)18-15-11-14(8-9-16(15)19)7-6-10-17-12(2)3/h8-9,11-12,17H,5-7,10H2,1-4H3. The molecule has 0 unspecified atom stereocenters. The average molecular weight is 259 g/mol. The van der Waals surface area contributed by atoms with Gasteiger partial charge >= 0.3 is 0 Å². The molecule has 0 saturated carbocycles. The van der Waals surface area contributed by atoms with Crippen LogP contribution in [0.25, 0.3) is 11.0 Å². The summed E-state index contributed by atoms with van der Waals surface area (Å²) in [5.41, 5.74) is 3.77. The molecule has 2 aromatic rings. The van der Waals surface area contributed by atoms with Crippen LogP contribution in [0.3, 0.4) is 0 Å². The molecule has 1 heterocycles. The third kappa shape index (κ3) is 3.35. The Hall–Kier alpha value is -1.35. The average Bonchev–Trinajstić information content (AvgIpc) is 2.68. The van der Waals surface area contributed by atoms with E-state index in [9.17, 15) is 0 Å². The highest BCUT2D eigenvalue weighted by atomic mass is 15.1. The molecule has 19 heavy (non-hydrogen) atoms. The molecule has 0 radical (unpaired) electrons. The molecule has 0 bridgehead atoms. The highest BCUT2D eigenvalue weighted by Gasteiger charge is 2.06. The van der Waals surface area contributed by atoms with E-state index in [1.807, 2.05) is 0 Å². The van der Waals surface area contributed by atoms with E-state index < -0.39 is 0 Å². The van der Waals surface area contributed by atoms with Crippen LogP contribution in [0.15, 0.2) is 18.2 Å². The lowest BCUT2D eigenvalue weighted by Crippen LogP contribution is -2.23. The topological polar surface area (TPSA) is 29.9 Å². The van der Waals surface area contributed by atoms with Gasteiger partial charge in [0.25, 0.3) is 0 Å². The quantitative estimate of drug-likeness (QED) is 0.807. The zero-order valence-electron chi connectivity index (χ0n) is 12.5. The molecule has 3 nitrogen and oxygen atoms in total. The Morgan fingerprint density at radius 3 is 2.79 bits per heavy atom. The molecule has 3 heteroatoms. The fourth-order valence-electron chi connectivity index (χ4n) is 2.53. The zero-order chi connectivity index (χ0) is 13.8. The number of hydrogen-bond acceptors (Lipinski definition) is 2. The van der Waals surface area contributed by atoms with E-state index in [4.69, 9.17) is 0 Å². The van der Waals surface area contributed by atoms with Crippen molar-refractivity contribution >= 4 is 11.0 Å². The summed E-state index contributed by atoms with van der Waals surface area (Å²) in [5.74, 6) is 1.11. The summed E-state index contributed by atoms with van der Waals surface area (Å²) in [5, 5.41) is 3.46. The number of hydrogen-bond donors (Lipinski definition) is 1. The molecular formula is C16H25N3. The van der Waals surface area contributed by atoms with Gasteiger partial charge in [-0.15, -0.1) is 0 Å². The van der Waals surface area contributed by atoms with Gasteiger partial charge in [-0.05, 0) is 50.9 Å². The van der Waals surface area contributed by atoms with Crippen LogP contribution in [0, 0.1) is 6.92 Å². The lowest BCUT2D eigenvalue weighted by molar-refractivity contribution is 0.570. The molecular weight excluding hydrogens is 234 g/mol. The number of aromatic nitrogens is 2. The number of benzene rings is 1. The Labute approximate surface area is 116 Å². The van der Waals surface area contributed by atoms with Gasteiger partial charge < -0.3 is 9.88 Å². The predicted molar refractivity (Wildman–Crippen MR) is 81.6 cm³/mol. The van der Waals surface area contributed by atoms with Gasteiger partial charge in [-0.2, -0.15) is 0 Å². The molecule has 1 aromatic heterocycles. The minimum absolute atomic E-state index is 0.574. The maximum Gasteiger partial charge on any atom is 0.106 e. The largest absolute Gasteiger partial charge is 0.329 e. The molecule has 104 valence electrons. The third-order valence-electron chi connectivity index (χ3n) is 3.51. The smallest absolute Gasteiger partial charge is 0.106 e. The Balaban J connectivity index is 2.05. The molecule has 0 saturated heterocycles. The van der Waals surface area contributed by atoms with Crippen LogP contribution in [-0.4, -0.2) is 22.1 Å². The van der Waals surface area contributed by atoms with Gasteiger partial charge in [-0.3, -0.25) is 0 Å². The van der Waals surface area contributed by atoms with Crippen LogP contribution >= 0.6 is 0 Å². The van der Waals surface area contributed by atoms with E-state index in [-0.39, 0.29) is 0 Å². The van der Waals surface area contributed by atoms with E-state index in [1.54, 1.807) is 0 Å². The number of nitrogens with zero attached hydrogens (tertiary/aromatic N) is 2. The highest BCUT2D eigenvalue weighted by Crippen LogP contribution is 2.18. The van der Waals surface area contributed by atoms with Gasteiger partial charge in [-0.25, -0.2) is 4.98 Å². The predicted octanol–water partition coefficient (Wildman–Crippen LogP) is 3.30. The molecule has 0 atom stereocenters. The summed E-state index contributed by atoms with van der Waals surface area (Å²) in [7, 11) is 0. The minimum atomic E-state index is 0.574. The second-order valence-corrected chi connectivity index (χ2v) is 5.44. The van der Waals surface area contributed by atoms with Crippen LogP contribution in [0.1, 0.15) is 38.6 Å². The van der Waals surface area contributed by atoms with Crippen LogP contribution in [0.5, 0.6) is 0 Å². The van der Waals surface area contributed by atoms with Crippen molar-refractivity contribution in [1.82, 2.24) is 14.9 Å². The Kier molecular flexibility index (Phi) is 4.59. The van der Waals surface area contributed by atoms with Gasteiger partial charge in [0.1, 0.15) is 5.82 Å². The lowest BCUT2D eigenvalue weighted by atomic mass is 10.1. The van der Waals surface area contributed by atoms with Crippen molar-refractivity contribution in [3.05, 3.63) is 29.6 Å². The summed E-state index contributed by atoms with van der Waals surface area (Å²) < 4.78 is 2.26. The first-order chi connectivity index (χ1) is 9.11. The van der Waals surface area contributed by atoms with Gasteiger partial charge in [0, 0.05) is 12.6 Å². The molecule has 1 N–H and O–H groups in total. The number of nitrogens with one attached hydrogen (secondary N) is 1. The van der Waals surface area contributed by atoms with Crippen LogP contribution < -0.4 is 5.32 Å². The molecule has 0 spiro atoms. The monoisotopic (exact) mass is 259 g/mol. The first-order valence-electron chi connectivity index (χ1n) is 7.31. The fraction of sp³-hybridized carbons (Fsp3) is 0.562. The van der Waals surface area contributed by atoms with Gasteiger partial charge in [0.15, 0.2) is 0 Å². The summed E-state index contributed by atoms with van der Waals surface area (Å²) in [4.78, 5) is 4.65. The second kappa shape index (κ2) is 6.20. The number of fused-ring (bicyclic) bond motifs is 1. The summed E-state index contributed by atoms with van der Waals surface area (Å²) in [6.45, 7) is 10.7. The number of imidazole rings is 1. The second-order valence-electron chi connectivity index (χ2n) is 5.44. The SMILES string of the molecule is CCn1c(C)nc2cc(CCCNC(C)C)ccc21. The molecule has 0 aliphatic rings. The summed E-state index contributed by atoms with van der Waals surface area (Å²) in [6, 6.07) is 7.27. The Bertz CT molecular complexity index is 540. The lowest BCUT2D eigenvalue weighted by Gasteiger charge is -2.07. The zero-order valence-corrected chi connectivity index (χ0v) is 12.5. The van der Waals surface area contributed by atoms with Crippen molar-refractivity contribution < 1.29 is 0 Å². The minimum Gasteiger partial charge on any atom is -0.329 e. The van der Waals surface area contributed by atoms with Crippen molar-refractivity contribution in [1.29, 1.82) is 0 Å². The number of rotatable bonds is 6. The molecule has 2 rings (SSSR count). The molecule has 1 aromatic carbocycles. The van der Waals surface area contributed by atoms with Crippen molar-refractivity contribution in [2.75, 3.05) is 6.54 Å². The molecule has 0 aliphatic carbocycles. The molecule has 0 aliphatic heterocycles. The first kappa shape index (κ1) is 14.1. The van der Waals surface area contributed by atoms with E-state index in [1.165, 1.54) is 17.5 Å². The van der Waals surface area contributed by atoms with Crippen molar-refractivity contribution in [3.8, 4) is 0 Å². The van der Waals surface area contributed by atoms with Crippen LogP contribution in [0.2, 0.25) is 0 Å². The van der Waals surface area contributed by atoms with E-state index in [2.05, 4.69) is 60.8 Å². The Morgan fingerprint density at radius 2 is 2.11 bits per heavy atom. The van der Waals surface area contributed by atoms with Crippen LogP contribution in [-0.2, 0) is 13.0 Å². The van der Waals surface area contributed by atoms with E-state index in [0.29, 0.717) is 6.04 Å². The number of aryl methyl sites for hydroxylation is 3. The summed E-state index contributed by atoms with van der Waals surface area (Å²) >= 11 is 0. The van der Waals surface area contributed by atoms with Crippen molar-refractivity contribution in [2.24, 2.45) is 0 Å². The van der Waals surface area contributed by atoms with Crippen molar-refractivity contribution in [3.63, 3.8) is 0 Å². The fourth-order valence-corrected chi connectivity index (χ4v) is 2.53. The maximum atomic E-state index is 4.65. The van der Waals surface area contributed by atoms with Gasteiger partial charge in [-0.1, -0.05) is 19.9 Å². The van der Waals surface area contributed by atoms with E-state index >= 15 is 0 Å². The van der Waals surface area contributed by atoms with Crippen LogP contribution in [0.4, 0.5) is 0 Å². The van der Waals surface area contributed by atoms with Gasteiger partial charge in [0.2, 0.25) is 0 Å². The normalized spacial score (nSPS) is 11.6. The summed E-state index contributed by atoms with van der Waals surface area (Å²) in [6.07, 6.45) is 2.30. The molecule has 0 fully saturated rings. The Morgan fingerprint density at radius 1 is 1.32 bits per heavy atom. The first-order valence-corrected chi connectivity index (χ1v) is 7.31.